The highest BCUT2D eigenvalue weighted by Crippen LogP contribution is 2.26. The molecule has 0 bridgehead atoms. The van der Waals surface area contributed by atoms with Gasteiger partial charge in [0.25, 0.3) is 5.56 Å². The molecule has 7 nitrogen and oxygen atoms in total. The normalized spacial score (nSPS) is 11.6. The van der Waals surface area contributed by atoms with E-state index >= 15 is 0 Å². The molecule has 3 rings (SSSR count). The molecule has 24 heavy (non-hydrogen) atoms. The van der Waals surface area contributed by atoms with E-state index in [1.807, 2.05) is 6.92 Å². The van der Waals surface area contributed by atoms with Gasteiger partial charge in [-0.1, -0.05) is 0 Å². The highest BCUT2D eigenvalue weighted by molar-refractivity contribution is 5.91. The maximum Gasteiger partial charge on any atom is 0.261 e. The van der Waals surface area contributed by atoms with E-state index < -0.39 is 0 Å². The van der Waals surface area contributed by atoms with Gasteiger partial charge in [-0.25, -0.2) is 0 Å². The number of H-pyrrole nitrogens is 1. The van der Waals surface area contributed by atoms with Crippen LogP contribution < -0.4 is 10.9 Å². The molecule has 0 saturated heterocycles. The second-order valence-electron chi connectivity index (χ2n) is 5.39. The Kier molecular flexibility index (Phi) is 4.00. The third-order valence-electron chi connectivity index (χ3n) is 3.71. The fraction of sp³-hybridized carbons (Fsp3) is 0.176. The van der Waals surface area contributed by atoms with Crippen molar-refractivity contribution in [2.45, 2.75) is 19.4 Å². The van der Waals surface area contributed by atoms with E-state index in [0.717, 1.165) is 5.69 Å². The number of hydrogen-bond donors (Lipinski definition) is 2. The maximum atomic E-state index is 12.2. The number of nitrogens with zero attached hydrogens (tertiary/aromatic N) is 4. The average Bonchev–Trinajstić information content (AvgIpc) is 2.96. The first kappa shape index (κ1) is 15.3. The molecule has 0 unspecified atom stereocenters. The maximum absolute atomic E-state index is 12.2. The van der Waals surface area contributed by atoms with Gasteiger partial charge in [0.1, 0.15) is 5.39 Å². The van der Waals surface area contributed by atoms with Gasteiger partial charge in [0, 0.05) is 11.9 Å². The van der Waals surface area contributed by atoms with Gasteiger partial charge in [-0.05, 0) is 37.3 Å². The molecule has 0 spiro atoms. The predicted octanol–water partition coefficient (Wildman–Crippen LogP) is 2.81. The monoisotopic (exact) mass is 318 g/mol. The van der Waals surface area contributed by atoms with E-state index in [1.165, 1.54) is 0 Å². The zero-order chi connectivity index (χ0) is 17.1. The lowest BCUT2D eigenvalue weighted by atomic mass is 10.2. The van der Waals surface area contributed by atoms with Crippen LogP contribution in [0.3, 0.4) is 0 Å². The van der Waals surface area contributed by atoms with Crippen molar-refractivity contribution >= 4 is 22.4 Å². The van der Waals surface area contributed by atoms with Gasteiger partial charge in [-0.15, -0.1) is 0 Å². The van der Waals surface area contributed by atoms with E-state index in [1.54, 1.807) is 41.2 Å². The Balaban J connectivity index is 2.08. The molecule has 0 aliphatic carbocycles. The lowest BCUT2D eigenvalue weighted by Crippen LogP contribution is -2.08. The highest BCUT2D eigenvalue weighted by Gasteiger charge is 2.17. The molecule has 0 aliphatic rings. The SMILES string of the molecule is C[C@H](CC#N)n1nc(Nc2ccc(C#N)cc2)c2c(=O)[nH]ccc21. The summed E-state index contributed by atoms with van der Waals surface area (Å²) in [4.78, 5) is 14.9. The van der Waals surface area contributed by atoms with Crippen molar-refractivity contribution in [1.82, 2.24) is 14.8 Å². The number of anilines is 2. The lowest BCUT2D eigenvalue weighted by Gasteiger charge is -2.08. The number of aromatic nitrogens is 3. The van der Waals surface area contributed by atoms with E-state index in [4.69, 9.17) is 10.5 Å². The number of nitriles is 2. The van der Waals surface area contributed by atoms with Crippen molar-refractivity contribution in [1.29, 1.82) is 10.5 Å². The first-order valence-electron chi connectivity index (χ1n) is 7.38. The molecule has 0 aliphatic heterocycles. The molecule has 1 aromatic carbocycles. The number of pyridine rings is 1. The molecule has 7 heteroatoms. The van der Waals surface area contributed by atoms with Gasteiger partial charge in [0.05, 0.1) is 35.7 Å². The molecule has 0 amide bonds. The zero-order valence-corrected chi connectivity index (χ0v) is 12.9. The Morgan fingerprint density at radius 2 is 2.04 bits per heavy atom. The number of hydrogen-bond acceptors (Lipinski definition) is 5. The molecule has 0 fully saturated rings. The van der Waals surface area contributed by atoms with E-state index in [9.17, 15) is 4.79 Å². The summed E-state index contributed by atoms with van der Waals surface area (Å²) in [6.07, 6.45) is 1.85. The van der Waals surface area contributed by atoms with Crippen LogP contribution in [0, 0.1) is 22.7 Å². The quantitative estimate of drug-likeness (QED) is 0.768. The first-order valence-corrected chi connectivity index (χ1v) is 7.38. The highest BCUT2D eigenvalue weighted by atomic mass is 16.1. The molecule has 2 aromatic heterocycles. The van der Waals surface area contributed by atoms with Crippen molar-refractivity contribution < 1.29 is 0 Å². The van der Waals surface area contributed by atoms with Crippen LogP contribution in [0.5, 0.6) is 0 Å². The minimum Gasteiger partial charge on any atom is -0.338 e. The summed E-state index contributed by atoms with van der Waals surface area (Å²) >= 11 is 0. The summed E-state index contributed by atoms with van der Waals surface area (Å²) in [6.45, 7) is 1.88. The van der Waals surface area contributed by atoms with Crippen LogP contribution in [0.1, 0.15) is 24.9 Å². The van der Waals surface area contributed by atoms with Gasteiger partial charge in [-0.3, -0.25) is 9.48 Å². The Hall–Kier alpha value is -3.58. The molecule has 2 heterocycles. The second kappa shape index (κ2) is 6.27. The molecule has 0 saturated carbocycles. The minimum atomic E-state index is -0.251. The summed E-state index contributed by atoms with van der Waals surface area (Å²) in [6, 6.07) is 12.7. The number of aromatic amines is 1. The number of rotatable bonds is 4. The van der Waals surface area contributed by atoms with Gasteiger partial charge < -0.3 is 10.3 Å². The fourth-order valence-electron chi connectivity index (χ4n) is 2.51. The summed E-state index contributed by atoms with van der Waals surface area (Å²) in [7, 11) is 0. The molecular weight excluding hydrogens is 304 g/mol. The third kappa shape index (κ3) is 2.71. The number of nitrogens with one attached hydrogen (secondary N) is 2. The molecule has 118 valence electrons. The molecule has 3 aromatic rings. The Morgan fingerprint density at radius 1 is 1.29 bits per heavy atom. The van der Waals surface area contributed by atoms with Gasteiger partial charge >= 0.3 is 0 Å². The lowest BCUT2D eigenvalue weighted by molar-refractivity contribution is 0.518. The van der Waals surface area contributed by atoms with Gasteiger partial charge in [-0.2, -0.15) is 15.6 Å². The largest absolute Gasteiger partial charge is 0.338 e. The zero-order valence-electron chi connectivity index (χ0n) is 12.9. The molecule has 1 atom stereocenters. The van der Waals surface area contributed by atoms with Crippen molar-refractivity contribution in [3.05, 3.63) is 52.4 Å². The summed E-state index contributed by atoms with van der Waals surface area (Å²) in [5, 5.41) is 25.8. The summed E-state index contributed by atoms with van der Waals surface area (Å²) < 4.78 is 1.68. The van der Waals surface area contributed by atoms with Crippen LogP contribution in [-0.4, -0.2) is 14.8 Å². The number of benzene rings is 1. The molecule has 2 N–H and O–H groups in total. The van der Waals surface area contributed by atoms with Crippen LogP contribution in [0.25, 0.3) is 10.9 Å². The summed E-state index contributed by atoms with van der Waals surface area (Å²) in [5.41, 5.74) is 1.69. The Morgan fingerprint density at radius 3 is 2.71 bits per heavy atom. The Labute approximate surface area is 137 Å². The van der Waals surface area contributed by atoms with Crippen molar-refractivity contribution in [2.24, 2.45) is 0 Å². The first-order chi connectivity index (χ1) is 11.6. The van der Waals surface area contributed by atoms with Crippen LogP contribution in [0.2, 0.25) is 0 Å². The van der Waals surface area contributed by atoms with Crippen LogP contribution in [-0.2, 0) is 0 Å². The van der Waals surface area contributed by atoms with E-state index in [0.29, 0.717) is 28.7 Å². The van der Waals surface area contributed by atoms with Crippen molar-refractivity contribution in [2.75, 3.05) is 5.32 Å². The number of fused-ring (bicyclic) bond motifs is 1. The predicted molar refractivity (Wildman–Crippen MR) is 89.7 cm³/mol. The third-order valence-corrected chi connectivity index (χ3v) is 3.71. The second-order valence-corrected chi connectivity index (χ2v) is 5.39. The summed E-state index contributed by atoms with van der Waals surface area (Å²) in [5.74, 6) is 0.418. The van der Waals surface area contributed by atoms with Gasteiger partial charge in [0.2, 0.25) is 0 Å². The van der Waals surface area contributed by atoms with Gasteiger partial charge in [0.15, 0.2) is 5.82 Å². The van der Waals surface area contributed by atoms with Crippen LogP contribution in [0.4, 0.5) is 11.5 Å². The standard InChI is InChI=1S/C17H14N6O/c1-11(6-8-18)23-14-7-9-20-17(24)15(14)16(22-23)21-13-4-2-12(10-19)3-5-13/h2-5,7,9,11H,6H2,1H3,(H,20,24)(H,21,22)/t11-/m1/s1. The van der Waals surface area contributed by atoms with E-state index in [2.05, 4.69) is 27.5 Å². The molecular formula is C17H14N6O. The topological polar surface area (TPSA) is 110 Å². The smallest absolute Gasteiger partial charge is 0.261 e. The van der Waals surface area contributed by atoms with Crippen LogP contribution in [0.15, 0.2) is 41.3 Å². The fourth-order valence-corrected chi connectivity index (χ4v) is 2.51. The molecule has 0 radical (unpaired) electrons. The van der Waals surface area contributed by atoms with Crippen molar-refractivity contribution in [3.8, 4) is 12.1 Å². The Bertz CT molecular complexity index is 1020. The minimum absolute atomic E-state index is 0.157. The van der Waals surface area contributed by atoms with E-state index in [-0.39, 0.29) is 11.6 Å². The van der Waals surface area contributed by atoms with Crippen molar-refractivity contribution in [3.63, 3.8) is 0 Å². The van der Waals surface area contributed by atoms with Crippen LogP contribution >= 0.6 is 0 Å². The average molecular weight is 318 g/mol.